The van der Waals surface area contributed by atoms with Gasteiger partial charge in [-0.3, -0.25) is 14.5 Å². The van der Waals surface area contributed by atoms with Gasteiger partial charge in [-0.2, -0.15) is 0 Å². The van der Waals surface area contributed by atoms with Gasteiger partial charge < -0.3 is 20.1 Å². The zero-order valence-electron chi connectivity index (χ0n) is 18.7. The van der Waals surface area contributed by atoms with Crippen LogP contribution < -0.4 is 20.3 Å². The smallest absolute Gasteiger partial charge is 0.414 e. The van der Waals surface area contributed by atoms with Crippen molar-refractivity contribution in [3.63, 3.8) is 0 Å². The quantitative estimate of drug-likeness (QED) is 0.505. The second kappa shape index (κ2) is 9.63. The summed E-state index contributed by atoms with van der Waals surface area (Å²) in [6.45, 7) is 0.438. The summed E-state index contributed by atoms with van der Waals surface area (Å²) in [5.74, 6) is 0.347. The minimum Gasteiger partial charge on any atom is -0.480 e. The molecular formula is C24H21N5O5S. The first kappa shape index (κ1) is 22.7. The number of hydrogen-bond acceptors (Lipinski definition) is 8. The van der Waals surface area contributed by atoms with Crippen LogP contribution in [0.25, 0.3) is 17.1 Å². The lowest BCUT2D eigenvalue weighted by Gasteiger charge is -2.19. The van der Waals surface area contributed by atoms with Crippen molar-refractivity contribution in [3.05, 3.63) is 54.2 Å². The molecule has 0 bridgehead atoms. The molecule has 1 fully saturated rings. The Balaban J connectivity index is 1.20. The van der Waals surface area contributed by atoms with Crippen LogP contribution >= 0.6 is 11.8 Å². The van der Waals surface area contributed by atoms with E-state index in [0.717, 1.165) is 10.5 Å². The topological polar surface area (TPSA) is 123 Å². The van der Waals surface area contributed by atoms with Crippen molar-refractivity contribution in [1.82, 2.24) is 15.3 Å². The van der Waals surface area contributed by atoms with Crippen LogP contribution in [-0.2, 0) is 14.3 Å². The summed E-state index contributed by atoms with van der Waals surface area (Å²) in [4.78, 5) is 47.6. The van der Waals surface area contributed by atoms with Gasteiger partial charge in [0.05, 0.1) is 48.9 Å². The Morgan fingerprint density at radius 2 is 2.23 bits per heavy atom. The van der Waals surface area contributed by atoms with Gasteiger partial charge in [0.25, 0.3) is 0 Å². The second-order valence-electron chi connectivity index (χ2n) is 7.84. The number of ether oxygens (including phenoxy) is 2. The lowest BCUT2D eigenvalue weighted by atomic mass is 10.1. The van der Waals surface area contributed by atoms with E-state index in [9.17, 15) is 14.4 Å². The lowest BCUT2D eigenvalue weighted by molar-refractivity contribution is -0.117. The molecule has 2 aliphatic heterocycles. The average molecular weight is 492 g/mol. The molecule has 1 aromatic heterocycles. The highest BCUT2D eigenvalue weighted by Crippen LogP contribution is 2.35. The molecule has 10 nitrogen and oxygen atoms in total. The number of rotatable bonds is 6. The van der Waals surface area contributed by atoms with E-state index in [1.807, 2.05) is 30.3 Å². The van der Waals surface area contributed by atoms with Crippen LogP contribution in [-0.4, -0.2) is 59.9 Å². The number of thioether (sulfide) groups is 1. The molecule has 0 aliphatic carbocycles. The van der Waals surface area contributed by atoms with Crippen molar-refractivity contribution in [1.29, 1.82) is 0 Å². The van der Waals surface area contributed by atoms with E-state index < -0.39 is 12.2 Å². The number of cyclic esters (lactones) is 1. The molecule has 0 spiro atoms. The highest BCUT2D eigenvalue weighted by atomic mass is 32.2. The van der Waals surface area contributed by atoms with Gasteiger partial charge in [0.2, 0.25) is 17.7 Å². The number of hydrogen-bond donors (Lipinski definition) is 2. The molecule has 11 heteroatoms. The van der Waals surface area contributed by atoms with Crippen molar-refractivity contribution in [3.8, 4) is 5.88 Å². The number of carbonyl (C=O) groups is 3. The minimum atomic E-state index is -0.507. The van der Waals surface area contributed by atoms with Crippen molar-refractivity contribution in [2.45, 2.75) is 11.0 Å². The Bertz CT molecular complexity index is 1360. The third kappa shape index (κ3) is 4.90. The summed E-state index contributed by atoms with van der Waals surface area (Å²) in [5.41, 5.74) is 3.33. The molecule has 0 saturated carbocycles. The van der Waals surface area contributed by atoms with Gasteiger partial charge in [0.15, 0.2) is 0 Å². The van der Waals surface area contributed by atoms with Crippen LogP contribution in [0, 0.1) is 0 Å². The molecule has 2 aliphatic rings. The standard InChI is InChI=1S/C24H21N5O5S/c1-33-22-11-25-17-4-2-3-14(23(17)28-22)5-8-20(30)26-10-16-12-29(24(32)34-16)15-6-7-19-18(9-15)27-21(31)13-35-19/h2-9,11,16H,10,12-13H2,1H3,(H,26,30)(H,27,31)/b8-5+/t16-/m1/s1. The Kier molecular flexibility index (Phi) is 6.23. The lowest BCUT2D eigenvalue weighted by Crippen LogP contribution is -2.33. The Morgan fingerprint density at radius 1 is 1.34 bits per heavy atom. The highest BCUT2D eigenvalue weighted by molar-refractivity contribution is 8.00. The average Bonchev–Trinajstić information content (AvgIpc) is 3.25. The molecule has 35 heavy (non-hydrogen) atoms. The number of nitrogens with zero attached hydrogens (tertiary/aromatic N) is 3. The van der Waals surface area contributed by atoms with Gasteiger partial charge in [-0.1, -0.05) is 12.1 Å². The van der Waals surface area contributed by atoms with Crippen LogP contribution in [0.15, 0.2) is 53.6 Å². The molecule has 0 unspecified atom stereocenters. The monoisotopic (exact) mass is 491 g/mol. The molecule has 0 radical (unpaired) electrons. The third-order valence-corrected chi connectivity index (χ3v) is 6.56. The molecular weight excluding hydrogens is 470 g/mol. The molecule has 3 aromatic rings. The predicted octanol–water partition coefficient (Wildman–Crippen LogP) is 2.84. The van der Waals surface area contributed by atoms with Crippen LogP contribution in [0.5, 0.6) is 5.88 Å². The summed E-state index contributed by atoms with van der Waals surface area (Å²) in [6.07, 6.45) is 3.57. The summed E-state index contributed by atoms with van der Waals surface area (Å²) < 4.78 is 10.6. The van der Waals surface area contributed by atoms with Crippen LogP contribution in [0.3, 0.4) is 0 Å². The summed E-state index contributed by atoms with van der Waals surface area (Å²) in [5, 5.41) is 5.58. The van der Waals surface area contributed by atoms with E-state index in [1.165, 1.54) is 36.0 Å². The van der Waals surface area contributed by atoms with Crippen LogP contribution in [0.4, 0.5) is 16.2 Å². The first-order valence-corrected chi connectivity index (χ1v) is 11.8. The van der Waals surface area contributed by atoms with Crippen LogP contribution in [0.2, 0.25) is 0 Å². The number of methoxy groups -OCH3 is 1. The van der Waals surface area contributed by atoms with Crippen molar-refractivity contribution >= 4 is 58.2 Å². The SMILES string of the molecule is COc1cnc2cccc(/C=C/C(=O)NC[C@@H]3CN(c4ccc5c(c4)NC(=O)CS5)C(=O)O3)c2n1. The normalized spacial score (nSPS) is 17.3. The minimum absolute atomic E-state index is 0.0769. The largest absolute Gasteiger partial charge is 0.480 e. The predicted molar refractivity (Wildman–Crippen MR) is 132 cm³/mol. The fraction of sp³-hybridized carbons (Fsp3) is 0.208. The van der Waals surface area contributed by atoms with E-state index in [1.54, 1.807) is 12.1 Å². The Morgan fingerprint density at radius 3 is 3.09 bits per heavy atom. The molecule has 178 valence electrons. The van der Waals surface area contributed by atoms with E-state index in [2.05, 4.69) is 20.6 Å². The highest BCUT2D eigenvalue weighted by Gasteiger charge is 2.33. The first-order chi connectivity index (χ1) is 17.0. The van der Waals surface area contributed by atoms with Gasteiger partial charge in [0.1, 0.15) is 6.10 Å². The molecule has 2 aromatic carbocycles. The number of carbonyl (C=O) groups excluding carboxylic acids is 3. The number of aromatic nitrogens is 2. The third-order valence-electron chi connectivity index (χ3n) is 5.49. The zero-order valence-corrected chi connectivity index (χ0v) is 19.5. The van der Waals surface area contributed by atoms with Gasteiger partial charge in [-0.15, -0.1) is 11.8 Å². The summed E-state index contributed by atoms with van der Waals surface area (Å²) in [6, 6.07) is 10.9. The molecule has 1 saturated heterocycles. The molecule has 5 rings (SSSR count). The maximum Gasteiger partial charge on any atom is 0.414 e. The Labute approximate surface area is 204 Å². The van der Waals surface area contributed by atoms with Gasteiger partial charge in [-0.05, 0) is 30.3 Å². The van der Waals surface area contributed by atoms with Crippen molar-refractivity contribution in [2.75, 3.05) is 36.2 Å². The second-order valence-corrected chi connectivity index (χ2v) is 8.86. The van der Waals surface area contributed by atoms with E-state index in [4.69, 9.17) is 9.47 Å². The van der Waals surface area contributed by atoms with Gasteiger partial charge in [-0.25, -0.2) is 14.8 Å². The molecule has 1 atom stereocenters. The zero-order chi connectivity index (χ0) is 24.4. The van der Waals surface area contributed by atoms with Gasteiger partial charge in [0, 0.05) is 22.2 Å². The van der Waals surface area contributed by atoms with Crippen molar-refractivity contribution < 1.29 is 23.9 Å². The summed E-state index contributed by atoms with van der Waals surface area (Å²) >= 11 is 1.45. The van der Waals surface area contributed by atoms with E-state index in [0.29, 0.717) is 34.0 Å². The van der Waals surface area contributed by atoms with Crippen molar-refractivity contribution in [2.24, 2.45) is 0 Å². The van der Waals surface area contributed by atoms with Crippen LogP contribution in [0.1, 0.15) is 5.56 Å². The van der Waals surface area contributed by atoms with E-state index >= 15 is 0 Å². The molecule has 3 amide bonds. The number of benzene rings is 2. The fourth-order valence-electron chi connectivity index (χ4n) is 3.79. The number of nitrogens with one attached hydrogen (secondary N) is 2. The maximum atomic E-state index is 12.4. The molecule has 3 heterocycles. The molecule has 2 N–H and O–H groups in total. The number of para-hydroxylation sites is 1. The maximum absolute atomic E-state index is 12.4. The van der Waals surface area contributed by atoms with E-state index in [-0.39, 0.29) is 24.9 Å². The number of amides is 3. The summed E-state index contributed by atoms with van der Waals surface area (Å²) in [7, 11) is 1.52. The number of fused-ring (bicyclic) bond motifs is 2. The Hall–Kier alpha value is -4.12. The van der Waals surface area contributed by atoms with Gasteiger partial charge >= 0.3 is 6.09 Å². The first-order valence-electron chi connectivity index (χ1n) is 10.8. The number of anilines is 2. The fourth-order valence-corrected chi connectivity index (χ4v) is 4.58.